The van der Waals surface area contributed by atoms with E-state index in [4.69, 9.17) is 4.74 Å². The SMILES string of the molecule is CCOc1ccc(Br)cc1[C@@H](N1CCNCC1)C(C)(C)C.Cl.Cl. The lowest BCUT2D eigenvalue weighted by atomic mass is 9.80. The van der Waals surface area contributed by atoms with E-state index in [9.17, 15) is 0 Å². The van der Waals surface area contributed by atoms with Gasteiger partial charge in [0.15, 0.2) is 0 Å². The Hall–Kier alpha value is -0.000000000000000222. The van der Waals surface area contributed by atoms with Gasteiger partial charge in [0.1, 0.15) is 5.75 Å². The molecular formula is C17H29BrCl2N2O. The summed E-state index contributed by atoms with van der Waals surface area (Å²) in [7, 11) is 0. The van der Waals surface area contributed by atoms with Crippen LogP contribution in [0.2, 0.25) is 0 Å². The molecule has 23 heavy (non-hydrogen) atoms. The molecule has 1 aliphatic heterocycles. The number of piperazine rings is 1. The molecule has 134 valence electrons. The molecule has 1 fully saturated rings. The normalized spacial score (nSPS) is 16.9. The van der Waals surface area contributed by atoms with Gasteiger partial charge in [0.2, 0.25) is 0 Å². The summed E-state index contributed by atoms with van der Waals surface area (Å²) in [5.74, 6) is 1.01. The summed E-state index contributed by atoms with van der Waals surface area (Å²) < 4.78 is 7.01. The van der Waals surface area contributed by atoms with Gasteiger partial charge in [0, 0.05) is 42.3 Å². The third kappa shape index (κ3) is 6.09. The molecule has 0 bridgehead atoms. The molecule has 0 saturated carbocycles. The number of halogens is 3. The van der Waals surface area contributed by atoms with Crippen LogP contribution in [0.25, 0.3) is 0 Å². The lowest BCUT2D eigenvalue weighted by Gasteiger charge is -2.43. The van der Waals surface area contributed by atoms with Gasteiger partial charge in [-0.05, 0) is 30.5 Å². The Morgan fingerprint density at radius 3 is 2.35 bits per heavy atom. The summed E-state index contributed by atoms with van der Waals surface area (Å²) in [5, 5.41) is 3.44. The average molecular weight is 428 g/mol. The minimum atomic E-state index is 0. The van der Waals surface area contributed by atoms with Gasteiger partial charge in [-0.3, -0.25) is 4.90 Å². The molecular weight excluding hydrogens is 399 g/mol. The number of ether oxygens (including phenoxy) is 1. The summed E-state index contributed by atoms with van der Waals surface area (Å²) in [5.41, 5.74) is 1.45. The van der Waals surface area contributed by atoms with Crippen molar-refractivity contribution in [2.75, 3.05) is 32.8 Å². The first-order chi connectivity index (χ1) is 9.93. The summed E-state index contributed by atoms with van der Waals surface area (Å²) in [6, 6.07) is 6.73. The molecule has 0 unspecified atom stereocenters. The van der Waals surface area contributed by atoms with Crippen LogP contribution >= 0.6 is 40.7 Å². The minimum absolute atomic E-state index is 0. The van der Waals surface area contributed by atoms with Crippen molar-refractivity contribution < 1.29 is 4.74 Å². The third-order valence-electron chi connectivity index (χ3n) is 3.90. The topological polar surface area (TPSA) is 24.5 Å². The number of hydrogen-bond donors (Lipinski definition) is 1. The molecule has 1 aromatic carbocycles. The van der Waals surface area contributed by atoms with Gasteiger partial charge in [-0.15, -0.1) is 24.8 Å². The van der Waals surface area contributed by atoms with Crippen LogP contribution in [0.4, 0.5) is 0 Å². The van der Waals surface area contributed by atoms with Crippen molar-refractivity contribution in [1.29, 1.82) is 0 Å². The predicted molar refractivity (Wildman–Crippen MR) is 106 cm³/mol. The van der Waals surface area contributed by atoms with E-state index in [1.165, 1.54) is 5.56 Å². The molecule has 0 aromatic heterocycles. The van der Waals surface area contributed by atoms with E-state index in [-0.39, 0.29) is 30.2 Å². The standard InChI is InChI=1S/C17H27BrN2O.2ClH/c1-5-21-15-7-6-13(18)12-14(15)16(17(2,3)4)20-10-8-19-9-11-20;;/h6-7,12,16,19H,5,8-11H2,1-4H3;2*1H/t16-;;/m1../s1. The molecule has 1 heterocycles. The van der Waals surface area contributed by atoms with Gasteiger partial charge in [-0.25, -0.2) is 0 Å². The Labute approximate surface area is 161 Å². The zero-order valence-electron chi connectivity index (χ0n) is 14.4. The van der Waals surface area contributed by atoms with Gasteiger partial charge in [-0.1, -0.05) is 36.7 Å². The van der Waals surface area contributed by atoms with Crippen LogP contribution in [-0.2, 0) is 0 Å². The van der Waals surface area contributed by atoms with Gasteiger partial charge >= 0.3 is 0 Å². The lowest BCUT2D eigenvalue weighted by Crippen LogP contribution is -2.48. The zero-order chi connectivity index (χ0) is 15.5. The maximum absolute atomic E-state index is 5.90. The fourth-order valence-corrected chi connectivity index (χ4v) is 3.55. The number of benzene rings is 1. The Morgan fingerprint density at radius 2 is 1.83 bits per heavy atom. The Kier molecular flexibility index (Phi) is 10.1. The molecule has 0 aliphatic carbocycles. The van der Waals surface area contributed by atoms with Crippen LogP contribution in [0.5, 0.6) is 5.75 Å². The van der Waals surface area contributed by atoms with E-state index < -0.39 is 0 Å². The van der Waals surface area contributed by atoms with E-state index >= 15 is 0 Å². The quantitative estimate of drug-likeness (QED) is 0.754. The van der Waals surface area contributed by atoms with Crippen molar-refractivity contribution in [3.05, 3.63) is 28.2 Å². The number of nitrogens with zero attached hydrogens (tertiary/aromatic N) is 1. The van der Waals surface area contributed by atoms with Crippen LogP contribution in [-0.4, -0.2) is 37.7 Å². The van der Waals surface area contributed by atoms with Crippen LogP contribution in [0.15, 0.2) is 22.7 Å². The van der Waals surface area contributed by atoms with Crippen LogP contribution in [0.1, 0.15) is 39.3 Å². The highest BCUT2D eigenvalue weighted by Crippen LogP contribution is 2.42. The van der Waals surface area contributed by atoms with Crippen LogP contribution < -0.4 is 10.1 Å². The zero-order valence-corrected chi connectivity index (χ0v) is 17.6. The van der Waals surface area contributed by atoms with Crippen molar-refractivity contribution in [3.8, 4) is 5.75 Å². The highest BCUT2D eigenvalue weighted by molar-refractivity contribution is 9.10. The van der Waals surface area contributed by atoms with Crippen LogP contribution in [0.3, 0.4) is 0 Å². The van der Waals surface area contributed by atoms with Crippen molar-refractivity contribution in [1.82, 2.24) is 10.2 Å². The molecule has 0 radical (unpaired) electrons. The Morgan fingerprint density at radius 1 is 1.22 bits per heavy atom. The minimum Gasteiger partial charge on any atom is -0.494 e. The molecule has 2 rings (SSSR count). The molecule has 0 spiro atoms. The van der Waals surface area contributed by atoms with Gasteiger partial charge < -0.3 is 10.1 Å². The molecule has 3 nitrogen and oxygen atoms in total. The fraction of sp³-hybridized carbons (Fsp3) is 0.647. The molecule has 6 heteroatoms. The summed E-state index contributed by atoms with van der Waals surface area (Å²) in [4.78, 5) is 2.58. The average Bonchev–Trinajstić information content (AvgIpc) is 2.42. The molecule has 1 aliphatic rings. The second-order valence-electron chi connectivity index (χ2n) is 6.67. The molecule has 1 aromatic rings. The number of rotatable bonds is 4. The fourth-order valence-electron chi connectivity index (χ4n) is 3.17. The second kappa shape index (κ2) is 10.1. The monoisotopic (exact) mass is 426 g/mol. The van der Waals surface area contributed by atoms with Gasteiger partial charge in [-0.2, -0.15) is 0 Å². The van der Waals surface area contributed by atoms with Gasteiger partial charge in [0.25, 0.3) is 0 Å². The largest absolute Gasteiger partial charge is 0.494 e. The van der Waals surface area contributed by atoms with E-state index in [1.54, 1.807) is 0 Å². The van der Waals surface area contributed by atoms with Gasteiger partial charge in [0.05, 0.1) is 6.61 Å². The summed E-state index contributed by atoms with van der Waals surface area (Å²) in [6.07, 6.45) is 0. The van der Waals surface area contributed by atoms with E-state index in [0.717, 1.165) is 36.4 Å². The molecule has 1 atom stereocenters. The van der Waals surface area contributed by atoms with Crippen molar-refractivity contribution >= 4 is 40.7 Å². The Bertz CT molecular complexity index is 474. The second-order valence-corrected chi connectivity index (χ2v) is 7.59. The molecule has 1 N–H and O–H groups in total. The maximum atomic E-state index is 5.90. The lowest BCUT2D eigenvalue weighted by molar-refractivity contribution is 0.0836. The highest BCUT2D eigenvalue weighted by Gasteiger charge is 2.34. The van der Waals surface area contributed by atoms with E-state index in [1.807, 2.05) is 6.92 Å². The van der Waals surface area contributed by atoms with E-state index in [2.05, 4.69) is 65.1 Å². The van der Waals surface area contributed by atoms with E-state index in [0.29, 0.717) is 12.6 Å². The van der Waals surface area contributed by atoms with Crippen molar-refractivity contribution in [3.63, 3.8) is 0 Å². The first-order valence-electron chi connectivity index (χ1n) is 7.80. The predicted octanol–water partition coefficient (Wildman–Crippen LogP) is 4.68. The molecule has 0 amide bonds. The first kappa shape index (κ1) is 23.0. The van der Waals surface area contributed by atoms with Crippen molar-refractivity contribution in [2.24, 2.45) is 5.41 Å². The summed E-state index contributed by atoms with van der Waals surface area (Å²) >= 11 is 3.62. The Balaban J connectivity index is 0.00000242. The van der Waals surface area contributed by atoms with Crippen molar-refractivity contribution in [2.45, 2.75) is 33.7 Å². The number of hydrogen-bond acceptors (Lipinski definition) is 3. The maximum Gasteiger partial charge on any atom is 0.124 e. The summed E-state index contributed by atoms with van der Waals surface area (Å²) in [6.45, 7) is 14.0. The number of nitrogens with one attached hydrogen (secondary N) is 1. The third-order valence-corrected chi connectivity index (χ3v) is 4.40. The smallest absolute Gasteiger partial charge is 0.124 e. The van der Waals surface area contributed by atoms with Crippen LogP contribution in [0, 0.1) is 5.41 Å². The highest BCUT2D eigenvalue weighted by atomic mass is 79.9. The first-order valence-corrected chi connectivity index (χ1v) is 8.60. The molecule has 1 saturated heterocycles.